The maximum atomic E-state index is 11.8. The number of carbonyl (C=O) groups is 1. The van der Waals surface area contributed by atoms with E-state index in [0.29, 0.717) is 11.4 Å². The van der Waals surface area contributed by atoms with Gasteiger partial charge in [0.05, 0.1) is 7.11 Å². The monoisotopic (exact) mass is 349 g/mol. The number of rotatable bonds is 5. The Kier molecular flexibility index (Phi) is 5.22. The molecular weight excluding hydrogens is 334 g/mol. The first kappa shape index (κ1) is 15.4. The van der Waals surface area contributed by atoms with Crippen LogP contribution in [-0.4, -0.2) is 19.6 Å². The molecule has 0 atom stereocenters. The van der Waals surface area contributed by atoms with Crippen LogP contribution in [-0.2, 0) is 4.79 Å². The van der Waals surface area contributed by atoms with Crippen LogP contribution >= 0.6 is 15.9 Å². The zero-order chi connectivity index (χ0) is 15.2. The lowest BCUT2D eigenvalue weighted by Gasteiger charge is -2.09. The van der Waals surface area contributed by atoms with Gasteiger partial charge in [0.25, 0.3) is 5.91 Å². The summed E-state index contributed by atoms with van der Waals surface area (Å²) in [6, 6.07) is 12.7. The van der Waals surface area contributed by atoms with Crippen molar-refractivity contribution in [3.05, 3.63) is 52.5 Å². The van der Waals surface area contributed by atoms with Gasteiger partial charge in [-0.1, -0.05) is 15.9 Å². The van der Waals surface area contributed by atoms with Crippen molar-refractivity contribution in [2.75, 3.05) is 19.0 Å². The van der Waals surface area contributed by atoms with E-state index < -0.39 is 0 Å². The number of methoxy groups -OCH3 is 1. The molecule has 0 bridgehead atoms. The van der Waals surface area contributed by atoms with Crippen molar-refractivity contribution < 1.29 is 14.3 Å². The molecule has 5 heteroatoms. The molecule has 2 aromatic rings. The maximum Gasteiger partial charge on any atom is 0.262 e. The average Bonchev–Trinajstić information content (AvgIpc) is 2.49. The third kappa shape index (κ3) is 4.49. The van der Waals surface area contributed by atoms with Crippen LogP contribution < -0.4 is 14.8 Å². The van der Waals surface area contributed by atoms with Crippen molar-refractivity contribution in [3.63, 3.8) is 0 Å². The lowest BCUT2D eigenvalue weighted by molar-refractivity contribution is -0.118. The van der Waals surface area contributed by atoms with Gasteiger partial charge < -0.3 is 14.8 Å². The second kappa shape index (κ2) is 7.13. The zero-order valence-corrected chi connectivity index (χ0v) is 13.4. The minimum Gasteiger partial charge on any atom is -0.497 e. The van der Waals surface area contributed by atoms with Gasteiger partial charge in [-0.3, -0.25) is 4.79 Å². The van der Waals surface area contributed by atoms with Crippen LogP contribution in [0.1, 0.15) is 5.56 Å². The van der Waals surface area contributed by atoms with Crippen LogP contribution in [0.5, 0.6) is 11.5 Å². The Morgan fingerprint density at radius 3 is 2.43 bits per heavy atom. The van der Waals surface area contributed by atoms with Crippen LogP contribution in [0.15, 0.2) is 46.9 Å². The molecule has 0 saturated heterocycles. The summed E-state index contributed by atoms with van der Waals surface area (Å²) in [4.78, 5) is 11.8. The summed E-state index contributed by atoms with van der Waals surface area (Å²) in [6.45, 7) is 1.93. The Labute approximate surface area is 132 Å². The van der Waals surface area contributed by atoms with Gasteiger partial charge in [-0.15, -0.1) is 0 Å². The van der Waals surface area contributed by atoms with E-state index in [4.69, 9.17) is 9.47 Å². The van der Waals surface area contributed by atoms with Crippen LogP contribution in [0.4, 0.5) is 5.69 Å². The fraction of sp³-hybridized carbons (Fsp3) is 0.188. The minimum atomic E-state index is -0.208. The second-order valence-corrected chi connectivity index (χ2v) is 5.33. The number of hydrogen-bond donors (Lipinski definition) is 1. The summed E-state index contributed by atoms with van der Waals surface area (Å²) in [5.41, 5.74) is 1.76. The van der Waals surface area contributed by atoms with Crippen molar-refractivity contribution in [2.24, 2.45) is 0 Å². The summed E-state index contributed by atoms with van der Waals surface area (Å²) in [7, 11) is 1.60. The molecule has 0 fully saturated rings. The van der Waals surface area contributed by atoms with Gasteiger partial charge >= 0.3 is 0 Å². The summed E-state index contributed by atoms with van der Waals surface area (Å²) in [5, 5.41) is 2.76. The van der Waals surface area contributed by atoms with Crippen LogP contribution in [0, 0.1) is 6.92 Å². The Hall–Kier alpha value is -2.01. The van der Waals surface area contributed by atoms with Crippen molar-refractivity contribution in [2.45, 2.75) is 6.92 Å². The first-order valence-electron chi connectivity index (χ1n) is 6.41. The molecule has 0 aliphatic rings. The van der Waals surface area contributed by atoms with E-state index in [-0.39, 0.29) is 12.5 Å². The van der Waals surface area contributed by atoms with Gasteiger partial charge in [-0.2, -0.15) is 0 Å². The average molecular weight is 350 g/mol. The summed E-state index contributed by atoms with van der Waals surface area (Å²) in [5.74, 6) is 1.20. The van der Waals surface area contributed by atoms with E-state index >= 15 is 0 Å². The fourth-order valence-corrected chi connectivity index (χ4v) is 1.97. The topological polar surface area (TPSA) is 47.6 Å². The van der Waals surface area contributed by atoms with Gasteiger partial charge in [-0.25, -0.2) is 0 Å². The van der Waals surface area contributed by atoms with Crippen molar-refractivity contribution in [3.8, 4) is 11.5 Å². The highest BCUT2D eigenvalue weighted by molar-refractivity contribution is 9.10. The molecule has 0 heterocycles. The third-order valence-electron chi connectivity index (χ3n) is 2.87. The molecule has 1 N–H and O–H groups in total. The van der Waals surface area contributed by atoms with E-state index in [1.807, 2.05) is 25.1 Å². The Balaban J connectivity index is 1.87. The molecular formula is C16H16BrNO3. The van der Waals surface area contributed by atoms with Gasteiger partial charge in [-0.05, 0) is 55.0 Å². The Morgan fingerprint density at radius 1 is 1.14 bits per heavy atom. The number of amides is 1. The number of carbonyl (C=O) groups excluding carboxylic acids is 1. The molecule has 0 saturated carbocycles. The van der Waals surface area contributed by atoms with Gasteiger partial charge in [0.15, 0.2) is 6.61 Å². The van der Waals surface area contributed by atoms with Gasteiger partial charge in [0, 0.05) is 10.2 Å². The van der Waals surface area contributed by atoms with E-state index in [0.717, 1.165) is 15.8 Å². The standard InChI is InChI=1S/C16H16BrNO3/c1-11-9-14(7-8-15(11)17)21-10-16(19)18-12-3-5-13(20-2)6-4-12/h3-9H,10H2,1-2H3,(H,18,19). The predicted octanol–water partition coefficient (Wildman–Crippen LogP) is 3.78. The van der Waals surface area contributed by atoms with Crippen molar-refractivity contribution in [1.82, 2.24) is 0 Å². The minimum absolute atomic E-state index is 0.0346. The highest BCUT2D eigenvalue weighted by atomic mass is 79.9. The number of anilines is 1. The van der Waals surface area contributed by atoms with Crippen molar-refractivity contribution in [1.29, 1.82) is 0 Å². The molecule has 0 unspecified atom stereocenters. The Bertz CT molecular complexity index is 626. The van der Waals surface area contributed by atoms with Gasteiger partial charge in [0.2, 0.25) is 0 Å². The van der Waals surface area contributed by atoms with Crippen LogP contribution in [0.3, 0.4) is 0 Å². The third-order valence-corrected chi connectivity index (χ3v) is 3.76. The normalized spacial score (nSPS) is 10.0. The van der Waals surface area contributed by atoms with Crippen LogP contribution in [0.2, 0.25) is 0 Å². The molecule has 0 aliphatic heterocycles. The van der Waals surface area contributed by atoms with E-state index in [9.17, 15) is 4.79 Å². The highest BCUT2D eigenvalue weighted by Crippen LogP contribution is 2.21. The lowest BCUT2D eigenvalue weighted by Crippen LogP contribution is -2.20. The molecule has 2 rings (SSSR count). The smallest absolute Gasteiger partial charge is 0.262 e. The second-order valence-electron chi connectivity index (χ2n) is 4.48. The number of hydrogen-bond acceptors (Lipinski definition) is 3. The molecule has 110 valence electrons. The van der Waals surface area contributed by atoms with Crippen LogP contribution in [0.25, 0.3) is 0 Å². The molecule has 1 amide bonds. The molecule has 0 spiro atoms. The van der Waals surface area contributed by atoms with E-state index in [1.54, 1.807) is 31.4 Å². The summed E-state index contributed by atoms with van der Waals surface area (Å²) in [6.07, 6.45) is 0. The molecule has 0 aromatic heterocycles. The molecule has 0 aliphatic carbocycles. The SMILES string of the molecule is COc1ccc(NC(=O)COc2ccc(Br)c(C)c2)cc1. The van der Waals surface area contributed by atoms with Gasteiger partial charge in [0.1, 0.15) is 11.5 Å². The molecule has 21 heavy (non-hydrogen) atoms. The largest absolute Gasteiger partial charge is 0.497 e. The summed E-state index contributed by atoms with van der Waals surface area (Å²) >= 11 is 3.42. The predicted molar refractivity (Wildman–Crippen MR) is 86.0 cm³/mol. The lowest BCUT2D eigenvalue weighted by atomic mass is 10.2. The quantitative estimate of drug-likeness (QED) is 0.893. The first-order chi connectivity index (χ1) is 10.1. The zero-order valence-electron chi connectivity index (χ0n) is 11.9. The highest BCUT2D eigenvalue weighted by Gasteiger charge is 2.05. The number of ether oxygens (including phenoxy) is 2. The number of aryl methyl sites for hydroxylation is 1. The number of halogens is 1. The number of nitrogens with one attached hydrogen (secondary N) is 1. The van der Waals surface area contributed by atoms with E-state index in [2.05, 4.69) is 21.2 Å². The Morgan fingerprint density at radius 2 is 1.81 bits per heavy atom. The van der Waals surface area contributed by atoms with E-state index in [1.165, 1.54) is 0 Å². The maximum absolute atomic E-state index is 11.8. The molecule has 0 radical (unpaired) electrons. The molecule has 2 aromatic carbocycles. The number of benzene rings is 2. The fourth-order valence-electron chi connectivity index (χ4n) is 1.73. The summed E-state index contributed by atoms with van der Waals surface area (Å²) < 4.78 is 11.5. The molecule has 4 nitrogen and oxygen atoms in total. The van der Waals surface area contributed by atoms with Crippen molar-refractivity contribution >= 4 is 27.5 Å². The first-order valence-corrected chi connectivity index (χ1v) is 7.20.